The number of nitrogens with zero attached hydrogens (tertiary/aromatic N) is 2. The van der Waals surface area contributed by atoms with Crippen LogP contribution in [0.15, 0.2) is 76.3 Å². The van der Waals surface area contributed by atoms with Gasteiger partial charge in [0, 0.05) is 23.6 Å². The van der Waals surface area contributed by atoms with E-state index in [0.717, 1.165) is 16.8 Å². The molecule has 4 rings (SSSR count). The van der Waals surface area contributed by atoms with Crippen molar-refractivity contribution in [3.05, 3.63) is 105 Å². The number of aryl methyl sites for hydroxylation is 2. The van der Waals surface area contributed by atoms with Crippen LogP contribution >= 0.6 is 0 Å². The van der Waals surface area contributed by atoms with Gasteiger partial charge in [0.15, 0.2) is 11.2 Å². The lowest BCUT2D eigenvalue weighted by Gasteiger charge is -2.19. The fourth-order valence-corrected chi connectivity index (χ4v) is 3.59. The predicted molar refractivity (Wildman–Crippen MR) is 120 cm³/mol. The Morgan fingerprint density at radius 2 is 1.90 bits per heavy atom. The quantitative estimate of drug-likeness (QED) is 0.513. The molecule has 1 amide bonds. The van der Waals surface area contributed by atoms with Gasteiger partial charge in [-0.15, -0.1) is 0 Å². The molecule has 156 valence electrons. The fourth-order valence-electron chi connectivity index (χ4n) is 3.59. The molecule has 0 atom stereocenters. The Labute approximate surface area is 180 Å². The number of benzene rings is 1. The molecule has 0 saturated heterocycles. The number of carbonyl (C=O) groups is 1. The number of carbonyl (C=O) groups excluding carboxylic acids is 1. The lowest BCUT2D eigenvalue weighted by molar-refractivity contribution is 0.102. The minimum Gasteiger partial charge on any atom is -0.463 e. The van der Waals surface area contributed by atoms with E-state index in [0.29, 0.717) is 29.4 Å². The zero-order valence-electron chi connectivity index (χ0n) is 17.7. The highest BCUT2D eigenvalue weighted by Gasteiger charge is 2.24. The van der Waals surface area contributed by atoms with Gasteiger partial charge in [-0.2, -0.15) is 0 Å². The summed E-state index contributed by atoms with van der Waals surface area (Å²) in [7, 11) is 0. The van der Waals surface area contributed by atoms with Crippen LogP contribution in [0.3, 0.4) is 0 Å². The van der Waals surface area contributed by atoms with Gasteiger partial charge in [-0.25, -0.2) is 0 Å². The topological polar surface area (TPSA) is 77.1 Å². The summed E-state index contributed by atoms with van der Waals surface area (Å²) in [5.74, 6) is -0.0253. The lowest BCUT2D eigenvalue weighted by Crippen LogP contribution is -2.27. The maximum atomic E-state index is 13.3. The van der Waals surface area contributed by atoms with Crippen molar-refractivity contribution >= 4 is 11.6 Å². The summed E-state index contributed by atoms with van der Waals surface area (Å²) in [6.45, 7) is 6.15. The molecule has 4 aromatic rings. The third-order valence-electron chi connectivity index (χ3n) is 5.40. The van der Waals surface area contributed by atoms with Gasteiger partial charge in [-0.05, 0) is 62.2 Å². The molecule has 1 aromatic carbocycles. The molecule has 1 N–H and O–H groups in total. The van der Waals surface area contributed by atoms with E-state index in [1.54, 1.807) is 18.3 Å². The summed E-state index contributed by atoms with van der Waals surface area (Å²) in [5, 5.41) is 2.91. The van der Waals surface area contributed by atoms with E-state index < -0.39 is 5.91 Å². The van der Waals surface area contributed by atoms with Gasteiger partial charge in [-0.3, -0.25) is 14.6 Å². The molecule has 0 aliphatic carbocycles. The van der Waals surface area contributed by atoms with E-state index in [9.17, 15) is 9.59 Å². The largest absolute Gasteiger partial charge is 0.463 e. The molecule has 6 heteroatoms. The van der Waals surface area contributed by atoms with Crippen molar-refractivity contribution in [2.24, 2.45) is 0 Å². The van der Waals surface area contributed by atoms with Crippen molar-refractivity contribution in [1.29, 1.82) is 0 Å². The molecule has 0 aliphatic heterocycles. The van der Waals surface area contributed by atoms with E-state index >= 15 is 0 Å². The van der Waals surface area contributed by atoms with Crippen LogP contribution in [0, 0.1) is 20.8 Å². The van der Waals surface area contributed by atoms with Crippen molar-refractivity contribution in [3.8, 4) is 11.5 Å². The first kappa shape index (κ1) is 20.3. The molecule has 0 unspecified atom stereocenters. The van der Waals surface area contributed by atoms with Crippen molar-refractivity contribution in [1.82, 2.24) is 9.55 Å². The number of amides is 1. The highest BCUT2D eigenvalue weighted by atomic mass is 16.3. The van der Waals surface area contributed by atoms with Crippen LogP contribution < -0.4 is 10.7 Å². The minimum atomic E-state index is -0.472. The van der Waals surface area contributed by atoms with Crippen LogP contribution in [0.4, 0.5) is 5.69 Å². The lowest BCUT2D eigenvalue weighted by atomic mass is 10.1. The van der Waals surface area contributed by atoms with E-state index in [-0.39, 0.29) is 11.0 Å². The highest BCUT2D eigenvalue weighted by molar-refractivity contribution is 6.08. The Morgan fingerprint density at radius 1 is 1.06 bits per heavy atom. The first-order chi connectivity index (χ1) is 15.0. The number of hydrogen-bond acceptors (Lipinski definition) is 4. The van der Waals surface area contributed by atoms with E-state index in [1.807, 2.05) is 61.7 Å². The summed E-state index contributed by atoms with van der Waals surface area (Å²) < 4.78 is 7.52. The van der Waals surface area contributed by atoms with Crippen molar-refractivity contribution in [2.75, 3.05) is 5.32 Å². The van der Waals surface area contributed by atoms with Gasteiger partial charge in [0.2, 0.25) is 0 Å². The highest BCUT2D eigenvalue weighted by Crippen LogP contribution is 2.26. The number of rotatable bonds is 5. The predicted octanol–water partition coefficient (Wildman–Crippen LogP) is 4.73. The molecule has 31 heavy (non-hydrogen) atoms. The first-order valence-corrected chi connectivity index (χ1v) is 10.0. The molecule has 0 spiro atoms. The van der Waals surface area contributed by atoms with Crippen molar-refractivity contribution < 1.29 is 9.21 Å². The van der Waals surface area contributed by atoms with Gasteiger partial charge in [-0.1, -0.05) is 18.2 Å². The number of aromatic nitrogens is 2. The SMILES string of the molecule is Cc1cccc(NC(=O)c2c(-c3ccco3)n(Cc3ccccn3)c(C)cc2=O)c1C. The molecule has 0 aliphatic rings. The Bertz CT molecular complexity index is 1290. The maximum Gasteiger partial charge on any atom is 0.261 e. The summed E-state index contributed by atoms with van der Waals surface area (Å²) in [6, 6.07) is 16.3. The second-order valence-electron chi connectivity index (χ2n) is 7.46. The second kappa shape index (κ2) is 8.44. The van der Waals surface area contributed by atoms with Crippen LogP contribution in [0.5, 0.6) is 0 Å². The van der Waals surface area contributed by atoms with Gasteiger partial charge in [0.25, 0.3) is 5.91 Å². The second-order valence-corrected chi connectivity index (χ2v) is 7.46. The summed E-state index contributed by atoms with van der Waals surface area (Å²) >= 11 is 0. The Kier molecular flexibility index (Phi) is 5.54. The van der Waals surface area contributed by atoms with Gasteiger partial charge in [0.05, 0.1) is 18.5 Å². The molecule has 0 bridgehead atoms. The molecule has 0 saturated carbocycles. The molecule has 3 heterocycles. The van der Waals surface area contributed by atoms with Gasteiger partial charge >= 0.3 is 0 Å². The van der Waals surface area contributed by atoms with Crippen LogP contribution in [0.25, 0.3) is 11.5 Å². The number of nitrogens with one attached hydrogen (secondary N) is 1. The molecule has 0 radical (unpaired) electrons. The summed E-state index contributed by atoms with van der Waals surface area (Å²) in [4.78, 5) is 30.8. The average Bonchev–Trinajstić information content (AvgIpc) is 3.28. The molecular formula is C25H23N3O3. The summed E-state index contributed by atoms with van der Waals surface area (Å²) in [6.07, 6.45) is 3.24. The van der Waals surface area contributed by atoms with E-state index in [2.05, 4.69) is 10.3 Å². The van der Waals surface area contributed by atoms with Crippen molar-refractivity contribution in [2.45, 2.75) is 27.3 Å². The summed E-state index contributed by atoms with van der Waals surface area (Å²) in [5.41, 5.74) is 4.32. The monoisotopic (exact) mass is 413 g/mol. The Hall–Kier alpha value is -3.93. The zero-order chi connectivity index (χ0) is 22.0. The first-order valence-electron chi connectivity index (χ1n) is 10.0. The Morgan fingerprint density at radius 3 is 2.61 bits per heavy atom. The van der Waals surface area contributed by atoms with Gasteiger partial charge in [0.1, 0.15) is 11.3 Å². The molecular weight excluding hydrogens is 390 g/mol. The van der Waals surface area contributed by atoms with Crippen LogP contribution in [-0.4, -0.2) is 15.5 Å². The molecule has 3 aromatic heterocycles. The number of pyridine rings is 2. The normalized spacial score (nSPS) is 10.8. The van der Waals surface area contributed by atoms with Crippen LogP contribution in [0.2, 0.25) is 0 Å². The maximum absolute atomic E-state index is 13.3. The van der Waals surface area contributed by atoms with Gasteiger partial charge < -0.3 is 14.3 Å². The van der Waals surface area contributed by atoms with E-state index in [4.69, 9.17) is 4.42 Å². The van der Waals surface area contributed by atoms with Crippen LogP contribution in [0.1, 0.15) is 32.9 Å². The smallest absolute Gasteiger partial charge is 0.261 e. The number of furan rings is 1. The number of hydrogen-bond donors (Lipinski definition) is 1. The van der Waals surface area contributed by atoms with E-state index in [1.165, 1.54) is 12.3 Å². The molecule has 6 nitrogen and oxygen atoms in total. The standard InChI is InChI=1S/C25H23N3O3/c1-16-8-6-10-20(18(16)3)27-25(30)23-21(29)14-17(2)28(15-19-9-4-5-12-26-19)24(23)22-11-7-13-31-22/h4-14H,15H2,1-3H3,(H,27,30). The van der Waals surface area contributed by atoms with Crippen LogP contribution in [-0.2, 0) is 6.54 Å². The Balaban J connectivity index is 1.87. The van der Waals surface area contributed by atoms with Crippen molar-refractivity contribution in [3.63, 3.8) is 0 Å². The zero-order valence-corrected chi connectivity index (χ0v) is 17.7. The fraction of sp³-hybridized carbons (Fsp3) is 0.160. The number of anilines is 1. The average molecular weight is 413 g/mol. The molecule has 0 fully saturated rings. The third kappa shape index (κ3) is 4.05. The minimum absolute atomic E-state index is 0.0392. The third-order valence-corrected chi connectivity index (χ3v) is 5.40.